The van der Waals surface area contributed by atoms with Crippen LogP contribution in [0.4, 0.5) is 0 Å². The Morgan fingerprint density at radius 3 is 2.42 bits per heavy atom. The van der Waals surface area contributed by atoms with Crippen LogP contribution in [-0.4, -0.2) is 29.3 Å². The lowest BCUT2D eigenvalue weighted by Gasteiger charge is -2.23. The molecule has 1 saturated heterocycles. The molecule has 24 heavy (non-hydrogen) atoms. The van der Waals surface area contributed by atoms with Crippen molar-refractivity contribution < 1.29 is 9.59 Å². The van der Waals surface area contributed by atoms with Gasteiger partial charge in [0.15, 0.2) is 0 Å². The predicted octanol–water partition coefficient (Wildman–Crippen LogP) is 3.92. The summed E-state index contributed by atoms with van der Waals surface area (Å²) in [5, 5.41) is 2.91. The van der Waals surface area contributed by atoms with Crippen LogP contribution < -0.4 is 5.32 Å². The van der Waals surface area contributed by atoms with Gasteiger partial charge in [0.25, 0.3) is 0 Å². The van der Waals surface area contributed by atoms with Crippen molar-refractivity contribution in [2.75, 3.05) is 6.54 Å². The summed E-state index contributed by atoms with van der Waals surface area (Å²) in [7, 11) is 0. The Morgan fingerprint density at radius 2 is 1.92 bits per heavy atom. The van der Waals surface area contributed by atoms with Crippen LogP contribution in [0.3, 0.4) is 0 Å². The highest BCUT2D eigenvalue weighted by molar-refractivity contribution is 5.89. The van der Waals surface area contributed by atoms with Gasteiger partial charge in [0.05, 0.1) is 0 Å². The Balaban J connectivity index is 0.00000123. The molecule has 4 nitrogen and oxygen atoms in total. The van der Waals surface area contributed by atoms with Crippen molar-refractivity contribution in [3.63, 3.8) is 0 Å². The number of aryl methyl sites for hydroxylation is 1. The fraction of sp³-hybridized carbons (Fsp3) is 0.600. The van der Waals surface area contributed by atoms with E-state index < -0.39 is 6.04 Å². The van der Waals surface area contributed by atoms with Crippen LogP contribution in [0.1, 0.15) is 59.1 Å². The summed E-state index contributed by atoms with van der Waals surface area (Å²) >= 11 is 0. The third-order valence-electron chi connectivity index (χ3n) is 3.90. The summed E-state index contributed by atoms with van der Waals surface area (Å²) in [5.41, 5.74) is 2.25. The average molecular weight is 335 g/mol. The van der Waals surface area contributed by atoms with Gasteiger partial charge >= 0.3 is 0 Å². The van der Waals surface area contributed by atoms with Gasteiger partial charge in [-0.15, -0.1) is 0 Å². The molecule has 1 aliphatic heterocycles. The lowest BCUT2D eigenvalue weighted by Crippen LogP contribution is -2.46. The van der Waals surface area contributed by atoms with Crippen molar-refractivity contribution in [1.29, 1.82) is 0 Å². The zero-order chi connectivity index (χ0) is 18.7. The number of carbonyl (C=O) groups excluding carboxylic acids is 2. The van der Waals surface area contributed by atoms with Crippen molar-refractivity contribution in [3.8, 4) is 0 Å². The minimum Gasteiger partial charge on any atom is -0.350 e. The number of carbonyl (C=O) groups is 2. The van der Waals surface area contributed by atoms with E-state index in [1.165, 1.54) is 5.56 Å². The smallest absolute Gasteiger partial charge is 0.242 e. The van der Waals surface area contributed by atoms with E-state index in [9.17, 15) is 9.59 Å². The van der Waals surface area contributed by atoms with Gasteiger partial charge in [-0.2, -0.15) is 0 Å². The van der Waals surface area contributed by atoms with E-state index in [2.05, 4.69) is 5.32 Å². The molecule has 0 radical (unpaired) electrons. The number of hydrogen-bond acceptors (Lipinski definition) is 2. The summed E-state index contributed by atoms with van der Waals surface area (Å²) < 4.78 is 0. The number of hydrogen-bond donors (Lipinski definition) is 1. The van der Waals surface area contributed by atoms with Crippen molar-refractivity contribution in [3.05, 3.63) is 35.4 Å². The molecule has 2 rings (SSSR count). The molecule has 4 heteroatoms. The number of nitrogens with zero attached hydrogens (tertiary/aromatic N) is 1. The zero-order valence-corrected chi connectivity index (χ0v) is 16.3. The molecule has 1 aromatic carbocycles. The molecule has 1 heterocycles. The molecule has 136 valence electrons. The first-order chi connectivity index (χ1) is 11.5. The maximum atomic E-state index is 12.1. The van der Waals surface area contributed by atoms with Crippen LogP contribution in [-0.2, 0) is 16.1 Å². The third-order valence-corrected chi connectivity index (χ3v) is 3.90. The van der Waals surface area contributed by atoms with Gasteiger partial charge in [0.2, 0.25) is 11.8 Å². The highest BCUT2D eigenvalue weighted by Gasteiger charge is 2.33. The summed E-state index contributed by atoms with van der Waals surface area (Å²) in [6.45, 7) is 14.9. The lowest BCUT2D eigenvalue weighted by atomic mass is 10.1. The first-order valence-corrected chi connectivity index (χ1v) is 9.13. The molecule has 1 N–H and O–H groups in total. The molecule has 2 atom stereocenters. The molecule has 2 unspecified atom stereocenters. The van der Waals surface area contributed by atoms with Crippen LogP contribution >= 0.6 is 0 Å². The Kier molecular flexibility index (Phi) is 10.8. The van der Waals surface area contributed by atoms with E-state index in [4.69, 9.17) is 0 Å². The maximum absolute atomic E-state index is 12.1. The van der Waals surface area contributed by atoms with E-state index in [-0.39, 0.29) is 17.7 Å². The Labute approximate surface area is 147 Å². The minimum absolute atomic E-state index is 0.0435. The Hall–Kier alpha value is -1.84. The third kappa shape index (κ3) is 6.34. The molecule has 0 spiro atoms. The number of likely N-dealkylation sites (tertiary alicyclic amines) is 1. The van der Waals surface area contributed by atoms with Gasteiger partial charge < -0.3 is 10.2 Å². The van der Waals surface area contributed by atoms with Gasteiger partial charge in [-0.25, -0.2) is 0 Å². The average Bonchev–Trinajstić information content (AvgIpc) is 2.95. The van der Waals surface area contributed by atoms with Crippen molar-refractivity contribution in [2.45, 2.75) is 67.5 Å². The standard InChI is InChI=1S/C16H22N2O2.2C2H6/c1-11-5-4-6-14(9-11)10-17-15(19)13(3)18-8-7-12(2)16(18)20;2*1-2/h4-6,9,12-13H,7-8,10H2,1-3H3,(H,17,19);2*1-2H3. The van der Waals surface area contributed by atoms with Gasteiger partial charge in [-0.1, -0.05) is 64.4 Å². The van der Waals surface area contributed by atoms with Crippen LogP contribution in [0.25, 0.3) is 0 Å². The van der Waals surface area contributed by atoms with Crippen LogP contribution in [0, 0.1) is 12.8 Å². The van der Waals surface area contributed by atoms with Gasteiger partial charge in [-0.3, -0.25) is 9.59 Å². The van der Waals surface area contributed by atoms with E-state index in [1.54, 1.807) is 11.8 Å². The van der Waals surface area contributed by atoms with Gasteiger partial charge in [0.1, 0.15) is 6.04 Å². The van der Waals surface area contributed by atoms with Gasteiger partial charge in [-0.05, 0) is 25.8 Å². The molecule has 1 aliphatic rings. The van der Waals surface area contributed by atoms with Crippen LogP contribution in [0.15, 0.2) is 24.3 Å². The molecule has 2 amide bonds. The molecule has 1 aromatic rings. The van der Waals surface area contributed by atoms with E-state index >= 15 is 0 Å². The lowest BCUT2D eigenvalue weighted by molar-refractivity contribution is -0.138. The second-order valence-corrected chi connectivity index (χ2v) is 5.60. The normalized spacial score (nSPS) is 17.2. The molecule has 1 fully saturated rings. The highest BCUT2D eigenvalue weighted by Crippen LogP contribution is 2.19. The van der Waals surface area contributed by atoms with Crippen LogP contribution in [0.2, 0.25) is 0 Å². The predicted molar refractivity (Wildman–Crippen MR) is 101 cm³/mol. The maximum Gasteiger partial charge on any atom is 0.242 e. The zero-order valence-electron chi connectivity index (χ0n) is 16.3. The second-order valence-electron chi connectivity index (χ2n) is 5.60. The molecule has 0 bridgehead atoms. The quantitative estimate of drug-likeness (QED) is 0.907. The summed E-state index contributed by atoms with van der Waals surface area (Å²) in [6, 6.07) is 7.65. The summed E-state index contributed by atoms with van der Waals surface area (Å²) in [4.78, 5) is 25.7. The number of rotatable bonds is 4. The fourth-order valence-electron chi connectivity index (χ4n) is 2.53. The fourth-order valence-corrected chi connectivity index (χ4v) is 2.53. The van der Waals surface area contributed by atoms with E-state index in [1.807, 2.05) is 65.8 Å². The topological polar surface area (TPSA) is 49.4 Å². The molecule has 0 aromatic heterocycles. The molecular weight excluding hydrogens is 300 g/mol. The Bertz CT molecular complexity index is 514. The SMILES string of the molecule is CC.CC.Cc1cccc(CNC(=O)C(C)N2CCC(C)C2=O)c1. The van der Waals surface area contributed by atoms with E-state index in [0.717, 1.165) is 12.0 Å². The first-order valence-electron chi connectivity index (χ1n) is 9.13. The van der Waals surface area contributed by atoms with Crippen LogP contribution in [0.5, 0.6) is 0 Å². The Morgan fingerprint density at radius 1 is 1.29 bits per heavy atom. The highest BCUT2D eigenvalue weighted by atomic mass is 16.2. The monoisotopic (exact) mass is 334 g/mol. The molecule has 0 aliphatic carbocycles. The summed E-state index contributed by atoms with van der Waals surface area (Å²) in [5.74, 6) is 0.0409. The largest absolute Gasteiger partial charge is 0.350 e. The molecular formula is C20H34N2O2. The summed E-state index contributed by atoms with van der Waals surface area (Å²) in [6.07, 6.45) is 0.842. The van der Waals surface area contributed by atoms with Crippen molar-refractivity contribution in [1.82, 2.24) is 10.2 Å². The number of amides is 2. The second kappa shape index (κ2) is 11.7. The number of nitrogens with one attached hydrogen (secondary N) is 1. The number of benzene rings is 1. The minimum atomic E-state index is -0.391. The molecule has 0 saturated carbocycles. The van der Waals surface area contributed by atoms with Gasteiger partial charge in [0, 0.05) is 19.0 Å². The van der Waals surface area contributed by atoms with Crippen molar-refractivity contribution >= 4 is 11.8 Å². The van der Waals surface area contributed by atoms with Crippen molar-refractivity contribution in [2.24, 2.45) is 5.92 Å². The van der Waals surface area contributed by atoms with E-state index in [0.29, 0.717) is 13.1 Å². The first kappa shape index (κ1) is 22.2.